The Labute approximate surface area is 141 Å². The Morgan fingerprint density at radius 1 is 1.04 bits per heavy atom. The van der Waals surface area contributed by atoms with Crippen LogP contribution in [0.2, 0.25) is 0 Å². The van der Waals surface area contributed by atoms with E-state index in [9.17, 15) is 13.2 Å². The molecule has 2 rings (SSSR count). The quantitative estimate of drug-likeness (QED) is 0.840. The molecule has 0 bridgehead atoms. The van der Waals surface area contributed by atoms with Crippen molar-refractivity contribution in [3.63, 3.8) is 0 Å². The Kier molecular flexibility index (Phi) is 5.14. The summed E-state index contributed by atoms with van der Waals surface area (Å²) in [6.07, 6.45) is 0. The van der Waals surface area contributed by atoms with E-state index in [1.54, 1.807) is 38.1 Å². The fourth-order valence-electron chi connectivity index (χ4n) is 2.17. The van der Waals surface area contributed by atoms with Gasteiger partial charge in [-0.3, -0.25) is 4.72 Å². The molecule has 0 fully saturated rings. The van der Waals surface area contributed by atoms with E-state index in [1.165, 1.54) is 26.4 Å². The van der Waals surface area contributed by atoms with Crippen LogP contribution in [0, 0.1) is 13.8 Å². The van der Waals surface area contributed by atoms with Crippen LogP contribution in [0.3, 0.4) is 0 Å². The summed E-state index contributed by atoms with van der Waals surface area (Å²) in [4.78, 5) is 11.7. The summed E-state index contributed by atoms with van der Waals surface area (Å²) >= 11 is 0. The standard InChI is InChI=1S/C17H19NO5S/c1-11-5-8-15(22-3)16(9-11)24(20,21)18-14-10-13(17(19)23-4)7-6-12(14)2/h5-10,18H,1-4H3. The van der Waals surface area contributed by atoms with Crippen molar-refractivity contribution >= 4 is 21.7 Å². The van der Waals surface area contributed by atoms with Gasteiger partial charge in [-0.1, -0.05) is 12.1 Å². The van der Waals surface area contributed by atoms with Gasteiger partial charge in [-0.05, 0) is 49.2 Å². The maximum Gasteiger partial charge on any atom is 0.337 e. The Balaban J connectivity index is 2.47. The smallest absolute Gasteiger partial charge is 0.337 e. The highest BCUT2D eigenvalue weighted by Crippen LogP contribution is 2.28. The van der Waals surface area contributed by atoms with Gasteiger partial charge in [0.2, 0.25) is 0 Å². The first kappa shape index (κ1) is 17.8. The topological polar surface area (TPSA) is 81.7 Å². The summed E-state index contributed by atoms with van der Waals surface area (Å²) < 4.78 is 37.8. The first-order valence-electron chi connectivity index (χ1n) is 7.15. The van der Waals surface area contributed by atoms with Gasteiger partial charge in [-0.25, -0.2) is 13.2 Å². The second kappa shape index (κ2) is 6.92. The number of methoxy groups -OCH3 is 2. The molecule has 0 saturated heterocycles. The molecule has 2 aromatic carbocycles. The second-order valence-corrected chi connectivity index (χ2v) is 6.93. The van der Waals surface area contributed by atoms with Gasteiger partial charge in [0, 0.05) is 0 Å². The monoisotopic (exact) mass is 349 g/mol. The molecule has 0 aromatic heterocycles. The largest absolute Gasteiger partial charge is 0.495 e. The van der Waals surface area contributed by atoms with E-state index in [0.717, 1.165) is 5.56 Å². The summed E-state index contributed by atoms with van der Waals surface area (Å²) in [5, 5.41) is 0. The van der Waals surface area contributed by atoms with E-state index in [2.05, 4.69) is 9.46 Å². The first-order chi connectivity index (χ1) is 11.3. The van der Waals surface area contributed by atoms with E-state index in [4.69, 9.17) is 4.74 Å². The molecule has 0 spiro atoms. The van der Waals surface area contributed by atoms with Gasteiger partial charge in [-0.15, -0.1) is 0 Å². The van der Waals surface area contributed by atoms with Gasteiger partial charge >= 0.3 is 5.97 Å². The molecule has 0 saturated carbocycles. The van der Waals surface area contributed by atoms with Crippen LogP contribution in [-0.2, 0) is 14.8 Å². The average molecular weight is 349 g/mol. The third-order valence-corrected chi connectivity index (χ3v) is 4.90. The number of hydrogen-bond donors (Lipinski definition) is 1. The number of rotatable bonds is 5. The predicted molar refractivity (Wildman–Crippen MR) is 91.1 cm³/mol. The highest BCUT2D eigenvalue weighted by atomic mass is 32.2. The lowest BCUT2D eigenvalue weighted by Gasteiger charge is -2.14. The summed E-state index contributed by atoms with van der Waals surface area (Å²) in [6.45, 7) is 3.54. The van der Waals surface area contributed by atoms with Crippen molar-refractivity contribution in [1.82, 2.24) is 0 Å². The number of hydrogen-bond acceptors (Lipinski definition) is 5. The normalized spacial score (nSPS) is 11.0. The number of benzene rings is 2. The number of anilines is 1. The number of carbonyl (C=O) groups excluding carboxylic acids is 1. The number of esters is 1. The minimum Gasteiger partial charge on any atom is -0.495 e. The molecule has 0 unspecified atom stereocenters. The van der Waals surface area contributed by atoms with Gasteiger partial charge in [0.05, 0.1) is 25.5 Å². The van der Waals surface area contributed by atoms with Crippen LogP contribution in [0.1, 0.15) is 21.5 Å². The zero-order chi connectivity index (χ0) is 17.9. The van der Waals surface area contributed by atoms with Crippen molar-refractivity contribution in [2.45, 2.75) is 18.7 Å². The Hall–Kier alpha value is -2.54. The van der Waals surface area contributed by atoms with Crippen LogP contribution in [0.4, 0.5) is 5.69 Å². The van der Waals surface area contributed by atoms with E-state index in [1.807, 2.05) is 0 Å². The first-order valence-corrected chi connectivity index (χ1v) is 8.63. The minimum atomic E-state index is -3.88. The molecule has 7 heteroatoms. The van der Waals surface area contributed by atoms with Gasteiger partial charge in [0.25, 0.3) is 10.0 Å². The molecule has 0 aliphatic rings. The lowest BCUT2D eigenvalue weighted by Crippen LogP contribution is -2.15. The molecule has 0 aliphatic carbocycles. The summed E-state index contributed by atoms with van der Waals surface area (Å²) in [6, 6.07) is 9.56. The van der Waals surface area contributed by atoms with Gasteiger partial charge in [0.1, 0.15) is 10.6 Å². The van der Waals surface area contributed by atoms with Crippen molar-refractivity contribution in [1.29, 1.82) is 0 Å². The Morgan fingerprint density at radius 3 is 2.38 bits per heavy atom. The third-order valence-electron chi connectivity index (χ3n) is 3.51. The van der Waals surface area contributed by atoms with Gasteiger partial charge in [0.15, 0.2) is 0 Å². The minimum absolute atomic E-state index is 0.0351. The zero-order valence-corrected chi connectivity index (χ0v) is 14.7. The summed E-state index contributed by atoms with van der Waals surface area (Å²) in [5.74, 6) is -0.293. The van der Waals surface area contributed by atoms with Crippen LogP contribution in [-0.4, -0.2) is 28.6 Å². The molecule has 128 valence electrons. The molecule has 0 heterocycles. The van der Waals surface area contributed by atoms with E-state index >= 15 is 0 Å². The lowest BCUT2D eigenvalue weighted by molar-refractivity contribution is 0.0601. The van der Waals surface area contributed by atoms with Gasteiger partial charge in [-0.2, -0.15) is 0 Å². The SMILES string of the molecule is COC(=O)c1ccc(C)c(NS(=O)(=O)c2cc(C)ccc2OC)c1. The molecule has 0 amide bonds. The molecule has 0 atom stereocenters. The van der Waals surface area contributed by atoms with Crippen molar-refractivity contribution in [3.05, 3.63) is 53.1 Å². The predicted octanol–water partition coefficient (Wildman–Crippen LogP) is 2.90. The van der Waals surface area contributed by atoms with E-state index < -0.39 is 16.0 Å². The number of nitrogens with one attached hydrogen (secondary N) is 1. The Morgan fingerprint density at radius 2 is 1.75 bits per heavy atom. The lowest BCUT2D eigenvalue weighted by atomic mass is 10.1. The molecule has 1 N–H and O–H groups in total. The number of ether oxygens (including phenoxy) is 2. The van der Waals surface area contributed by atoms with Crippen molar-refractivity contribution in [3.8, 4) is 5.75 Å². The summed E-state index contributed by atoms with van der Waals surface area (Å²) in [5.41, 5.74) is 2.03. The van der Waals surface area contributed by atoms with E-state index in [0.29, 0.717) is 11.3 Å². The van der Waals surface area contributed by atoms with Crippen LogP contribution in [0.5, 0.6) is 5.75 Å². The number of carbonyl (C=O) groups is 1. The average Bonchev–Trinajstić information content (AvgIpc) is 2.56. The van der Waals surface area contributed by atoms with Crippen LogP contribution in [0.25, 0.3) is 0 Å². The maximum absolute atomic E-state index is 12.7. The van der Waals surface area contributed by atoms with Crippen molar-refractivity contribution in [2.24, 2.45) is 0 Å². The second-order valence-electron chi connectivity index (χ2n) is 5.28. The van der Waals surface area contributed by atoms with Crippen molar-refractivity contribution in [2.75, 3.05) is 18.9 Å². The van der Waals surface area contributed by atoms with E-state index in [-0.39, 0.29) is 16.2 Å². The molecule has 2 aromatic rings. The Bertz CT molecular complexity index is 875. The highest BCUT2D eigenvalue weighted by molar-refractivity contribution is 7.92. The van der Waals surface area contributed by atoms with Crippen LogP contribution >= 0.6 is 0 Å². The van der Waals surface area contributed by atoms with Crippen molar-refractivity contribution < 1.29 is 22.7 Å². The number of sulfonamides is 1. The van der Waals surface area contributed by atoms with Gasteiger partial charge < -0.3 is 9.47 Å². The molecule has 0 radical (unpaired) electrons. The molecule has 0 aliphatic heterocycles. The maximum atomic E-state index is 12.7. The molecular weight excluding hydrogens is 330 g/mol. The summed E-state index contributed by atoms with van der Waals surface area (Å²) in [7, 11) is -1.20. The third kappa shape index (κ3) is 3.68. The molecule has 6 nitrogen and oxygen atoms in total. The molecule has 24 heavy (non-hydrogen) atoms. The fraction of sp³-hybridized carbons (Fsp3) is 0.235. The number of aryl methyl sites for hydroxylation is 2. The zero-order valence-electron chi connectivity index (χ0n) is 13.9. The van der Waals surface area contributed by atoms with Crippen LogP contribution < -0.4 is 9.46 Å². The highest BCUT2D eigenvalue weighted by Gasteiger charge is 2.21. The van der Waals surface area contributed by atoms with Crippen LogP contribution in [0.15, 0.2) is 41.3 Å². The molecular formula is C17H19NO5S. The fourth-order valence-corrected chi connectivity index (χ4v) is 3.55.